The fourth-order valence-corrected chi connectivity index (χ4v) is 5.84. The van der Waals surface area contributed by atoms with Crippen molar-refractivity contribution in [3.8, 4) is 5.75 Å². The van der Waals surface area contributed by atoms with Crippen LogP contribution in [0.1, 0.15) is 50.5 Å². The Labute approximate surface area is 256 Å². The van der Waals surface area contributed by atoms with Gasteiger partial charge in [0.25, 0.3) is 5.91 Å². The number of benzene rings is 2. The summed E-state index contributed by atoms with van der Waals surface area (Å²) in [4.78, 5) is 36.2. The van der Waals surface area contributed by atoms with Crippen LogP contribution < -0.4 is 10.1 Å². The quantitative estimate of drug-likeness (QED) is 0.277. The molecule has 0 saturated carbocycles. The number of aromatic nitrogens is 2. The molecule has 6 rings (SSSR count). The Kier molecular flexibility index (Phi) is 8.30. The van der Waals surface area contributed by atoms with Crippen LogP contribution in [0.5, 0.6) is 5.75 Å². The molecule has 11 heteroatoms. The minimum atomic E-state index is -0.962. The van der Waals surface area contributed by atoms with Crippen molar-refractivity contribution < 1.29 is 23.8 Å². The van der Waals surface area contributed by atoms with Crippen molar-refractivity contribution in [2.24, 2.45) is 0 Å². The van der Waals surface area contributed by atoms with Crippen LogP contribution in [0.15, 0.2) is 64.8 Å². The summed E-state index contributed by atoms with van der Waals surface area (Å²) < 4.78 is 13.9. The number of aryl methyl sites for hydroxylation is 2. The fourth-order valence-electron chi connectivity index (χ4n) is 5.84. The number of likely N-dealkylation sites (N-methyl/N-ethyl adjacent to an activating group) is 1. The van der Waals surface area contributed by atoms with Crippen LogP contribution in [0.4, 0.5) is 0 Å². The molecule has 1 saturated heterocycles. The highest BCUT2D eigenvalue weighted by atomic mass is 16.5. The number of rotatable bonds is 10. The van der Waals surface area contributed by atoms with E-state index in [9.17, 15) is 14.7 Å². The monoisotopic (exact) mass is 598 g/mol. The predicted molar refractivity (Wildman–Crippen MR) is 165 cm³/mol. The molecule has 2 aliphatic heterocycles. The van der Waals surface area contributed by atoms with Crippen molar-refractivity contribution in [1.29, 1.82) is 0 Å². The number of hydrogen-bond donors (Lipinski definition) is 2. The predicted octanol–water partition coefficient (Wildman–Crippen LogP) is 4.21. The number of allylic oxidation sites excluding steroid dienone is 1. The molecule has 44 heavy (non-hydrogen) atoms. The van der Waals surface area contributed by atoms with Gasteiger partial charge in [0.05, 0.1) is 42.1 Å². The number of carbonyl (C=O) groups is 2. The third-order valence-corrected chi connectivity index (χ3v) is 8.33. The molecular formula is C33H38N6O5. The van der Waals surface area contributed by atoms with Gasteiger partial charge in [-0.2, -0.15) is 0 Å². The number of nitrogens with zero attached hydrogens (tertiary/aromatic N) is 5. The van der Waals surface area contributed by atoms with E-state index in [1.165, 1.54) is 5.56 Å². The summed E-state index contributed by atoms with van der Waals surface area (Å²) in [6.07, 6.45) is 2.01. The van der Waals surface area contributed by atoms with Gasteiger partial charge in [0, 0.05) is 38.9 Å². The average molecular weight is 599 g/mol. The van der Waals surface area contributed by atoms with Gasteiger partial charge in [0.15, 0.2) is 5.76 Å². The van der Waals surface area contributed by atoms with E-state index in [1.807, 2.05) is 37.1 Å². The van der Waals surface area contributed by atoms with E-state index in [4.69, 9.17) is 14.1 Å². The Morgan fingerprint density at radius 3 is 2.59 bits per heavy atom. The first-order valence-corrected chi connectivity index (χ1v) is 15.0. The number of nitrogens with one attached hydrogen (secondary N) is 1. The largest absolute Gasteiger partial charge is 0.485 e. The van der Waals surface area contributed by atoms with Crippen LogP contribution in [-0.4, -0.2) is 80.6 Å². The molecule has 0 atom stereocenters. The number of hydrogen-bond acceptors (Lipinski definition) is 8. The second kappa shape index (κ2) is 12.5. The lowest BCUT2D eigenvalue weighted by Crippen LogP contribution is -2.48. The molecular weight excluding hydrogens is 560 g/mol. The highest BCUT2D eigenvalue weighted by Gasteiger charge is 2.26. The SMILES string of the molecule is CCN1CNC=C1Cn1c(CN2CCN(C(=O)c3ccc(COc4ccc(C)cc4C)o3)CC2)nc2ccc(C(=O)O)cc21. The van der Waals surface area contributed by atoms with E-state index in [1.54, 1.807) is 30.3 Å². The zero-order chi connectivity index (χ0) is 30.8. The standard InChI is InChI=1S/C33H38N6O5/c1-4-37-21-34-17-25(37)18-39-28-16-24(33(41)42)6-8-27(28)35-31(39)19-36-11-13-38(14-12-36)32(40)30-10-7-26(44-30)20-43-29-9-5-22(2)15-23(29)3/h5-10,15-17,34H,4,11-14,18-21H2,1-3H3,(H,41,42). The topological polar surface area (TPSA) is 116 Å². The number of fused-ring (bicyclic) bond motifs is 1. The minimum Gasteiger partial charge on any atom is -0.485 e. The van der Waals surface area contributed by atoms with Crippen molar-refractivity contribution >= 4 is 22.9 Å². The molecule has 230 valence electrons. The van der Waals surface area contributed by atoms with Crippen LogP contribution in [0.25, 0.3) is 11.0 Å². The zero-order valence-corrected chi connectivity index (χ0v) is 25.4. The van der Waals surface area contributed by atoms with Crippen molar-refractivity contribution in [1.82, 2.24) is 29.6 Å². The highest BCUT2D eigenvalue weighted by molar-refractivity contribution is 5.93. The van der Waals surface area contributed by atoms with E-state index < -0.39 is 5.97 Å². The first-order valence-electron chi connectivity index (χ1n) is 15.0. The molecule has 0 bridgehead atoms. The van der Waals surface area contributed by atoms with E-state index in [0.29, 0.717) is 50.8 Å². The first-order chi connectivity index (χ1) is 21.3. The number of amides is 1. The third-order valence-electron chi connectivity index (χ3n) is 8.33. The lowest BCUT2D eigenvalue weighted by atomic mass is 10.1. The van der Waals surface area contributed by atoms with Crippen LogP contribution in [0.3, 0.4) is 0 Å². The fraction of sp³-hybridized carbons (Fsp3) is 0.364. The summed E-state index contributed by atoms with van der Waals surface area (Å²) in [7, 11) is 0. The molecule has 0 aliphatic carbocycles. The molecule has 2 aliphatic rings. The molecule has 4 heterocycles. The smallest absolute Gasteiger partial charge is 0.335 e. The number of imidazole rings is 1. The summed E-state index contributed by atoms with van der Waals surface area (Å²) in [5.41, 5.74) is 5.16. The van der Waals surface area contributed by atoms with E-state index >= 15 is 0 Å². The van der Waals surface area contributed by atoms with Crippen molar-refractivity contribution in [2.75, 3.05) is 39.4 Å². The van der Waals surface area contributed by atoms with Gasteiger partial charge in [0.1, 0.15) is 23.9 Å². The number of aromatic carboxylic acids is 1. The van der Waals surface area contributed by atoms with Gasteiger partial charge in [-0.3, -0.25) is 9.69 Å². The molecule has 2 N–H and O–H groups in total. The maximum absolute atomic E-state index is 13.2. The Hall–Kier alpha value is -4.77. The molecule has 0 radical (unpaired) electrons. The minimum absolute atomic E-state index is 0.129. The maximum atomic E-state index is 13.2. The highest BCUT2D eigenvalue weighted by Crippen LogP contribution is 2.24. The Morgan fingerprint density at radius 2 is 1.84 bits per heavy atom. The van der Waals surface area contributed by atoms with Crippen LogP contribution in [0.2, 0.25) is 0 Å². The average Bonchev–Trinajstić information content (AvgIpc) is 3.76. The number of carboxylic acids is 1. The second-order valence-corrected chi connectivity index (χ2v) is 11.4. The lowest BCUT2D eigenvalue weighted by Gasteiger charge is -2.34. The van der Waals surface area contributed by atoms with Gasteiger partial charge in [-0.1, -0.05) is 17.7 Å². The molecule has 2 aromatic carbocycles. The molecule has 0 spiro atoms. The molecule has 11 nitrogen and oxygen atoms in total. The molecule has 4 aromatic rings. The number of carbonyl (C=O) groups excluding carboxylic acids is 1. The van der Waals surface area contributed by atoms with Gasteiger partial charge < -0.3 is 33.9 Å². The van der Waals surface area contributed by atoms with Gasteiger partial charge in [0.2, 0.25) is 0 Å². The van der Waals surface area contributed by atoms with Crippen molar-refractivity contribution in [2.45, 2.75) is 40.5 Å². The lowest BCUT2D eigenvalue weighted by molar-refractivity contribution is 0.0589. The van der Waals surface area contributed by atoms with Gasteiger partial charge in [-0.15, -0.1) is 0 Å². The summed E-state index contributed by atoms with van der Waals surface area (Å²) in [6, 6.07) is 14.6. The van der Waals surface area contributed by atoms with Crippen molar-refractivity contribution in [3.05, 3.63) is 94.5 Å². The van der Waals surface area contributed by atoms with Gasteiger partial charge in [-0.05, 0) is 62.7 Å². The van der Waals surface area contributed by atoms with Gasteiger partial charge >= 0.3 is 5.97 Å². The number of ether oxygens (including phenoxy) is 1. The number of piperazine rings is 1. The number of furan rings is 1. The Balaban J connectivity index is 1.10. The molecule has 1 amide bonds. The Bertz CT molecular complexity index is 1710. The number of carboxylic acid groups (broad SMARTS) is 1. The summed E-state index contributed by atoms with van der Waals surface area (Å²) in [5.74, 6) is 1.49. The third kappa shape index (κ3) is 6.14. The van der Waals surface area contributed by atoms with Crippen LogP contribution >= 0.6 is 0 Å². The molecule has 0 unspecified atom stereocenters. The first kappa shape index (κ1) is 29.3. The normalized spacial score (nSPS) is 15.5. The maximum Gasteiger partial charge on any atom is 0.335 e. The second-order valence-electron chi connectivity index (χ2n) is 11.4. The van der Waals surface area contributed by atoms with E-state index in [0.717, 1.165) is 47.1 Å². The molecule has 1 fully saturated rings. The van der Waals surface area contributed by atoms with Crippen LogP contribution in [0, 0.1) is 13.8 Å². The van der Waals surface area contributed by atoms with Crippen LogP contribution in [-0.2, 0) is 19.7 Å². The van der Waals surface area contributed by atoms with E-state index in [-0.39, 0.29) is 18.1 Å². The summed E-state index contributed by atoms with van der Waals surface area (Å²) in [5, 5.41) is 12.9. The van der Waals surface area contributed by atoms with E-state index in [2.05, 4.69) is 32.7 Å². The van der Waals surface area contributed by atoms with Crippen molar-refractivity contribution in [3.63, 3.8) is 0 Å². The summed E-state index contributed by atoms with van der Waals surface area (Å²) >= 11 is 0. The molecule has 2 aromatic heterocycles. The summed E-state index contributed by atoms with van der Waals surface area (Å²) in [6.45, 7) is 11.7. The van der Waals surface area contributed by atoms with Gasteiger partial charge in [-0.25, -0.2) is 9.78 Å². The Morgan fingerprint density at radius 1 is 1.02 bits per heavy atom. The zero-order valence-electron chi connectivity index (χ0n) is 25.4.